The molecule has 4 nitrogen and oxygen atoms in total. The molecule has 0 aromatic heterocycles. The van der Waals surface area contributed by atoms with Crippen molar-refractivity contribution in [2.45, 2.75) is 33.1 Å². The molecular formula is C27H23ClO4. The Labute approximate surface area is 192 Å². The topological polar surface area (TPSA) is 52.6 Å². The molecule has 0 saturated carbocycles. The number of allylic oxidation sites excluding steroid dienone is 1. The van der Waals surface area contributed by atoms with E-state index in [0.717, 1.165) is 11.1 Å². The number of fused-ring (bicyclic) bond motifs is 1. The number of hydrogen-bond acceptors (Lipinski definition) is 4. The van der Waals surface area contributed by atoms with E-state index in [4.69, 9.17) is 21.1 Å². The molecule has 0 N–H and O–H groups in total. The van der Waals surface area contributed by atoms with Gasteiger partial charge in [0.1, 0.15) is 11.5 Å². The van der Waals surface area contributed by atoms with Crippen LogP contribution in [0.5, 0.6) is 11.5 Å². The smallest absolute Gasteiger partial charge is 0.343 e. The fraction of sp³-hybridized carbons (Fsp3) is 0.185. The summed E-state index contributed by atoms with van der Waals surface area (Å²) in [6, 6.07) is 17.7. The Morgan fingerprint density at radius 1 is 1.00 bits per heavy atom. The first kappa shape index (κ1) is 21.8. The SMILES string of the molecule is Cc1cc(OC(=O)c2ccc(C(C)(C)C)cc2)cc2c1C(=O)/C(=C/c1ccc(Cl)cc1)O2. The number of esters is 1. The van der Waals surface area contributed by atoms with Gasteiger partial charge >= 0.3 is 5.97 Å². The third-order valence-corrected chi connectivity index (χ3v) is 5.56. The van der Waals surface area contributed by atoms with Crippen LogP contribution in [-0.2, 0) is 5.41 Å². The van der Waals surface area contributed by atoms with Crippen LogP contribution in [0.3, 0.4) is 0 Å². The first-order chi connectivity index (χ1) is 15.1. The Morgan fingerprint density at radius 3 is 2.28 bits per heavy atom. The van der Waals surface area contributed by atoms with E-state index >= 15 is 0 Å². The van der Waals surface area contributed by atoms with Crippen molar-refractivity contribution in [2.24, 2.45) is 0 Å². The van der Waals surface area contributed by atoms with Gasteiger partial charge in [0.05, 0.1) is 11.1 Å². The number of rotatable bonds is 3. The van der Waals surface area contributed by atoms with E-state index in [0.29, 0.717) is 33.2 Å². The highest BCUT2D eigenvalue weighted by Gasteiger charge is 2.30. The van der Waals surface area contributed by atoms with Gasteiger partial charge in [-0.2, -0.15) is 0 Å². The number of halogens is 1. The van der Waals surface area contributed by atoms with Crippen LogP contribution < -0.4 is 9.47 Å². The predicted octanol–water partition coefficient (Wildman–Crippen LogP) is 6.78. The largest absolute Gasteiger partial charge is 0.452 e. The number of benzene rings is 3. The predicted molar refractivity (Wildman–Crippen MR) is 126 cm³/mol. The Morgan fingerprint density at radius 2 is 1.66 bits per heavy atom. The van der Waals surface area contributed by atoms with Gasteiger partial charge < -0.3 is 9.47 Å². The van der Waals surface area contributed by atoms with Gasteiger partial charge in [0.2, 0.25) is 5.78 Å². The number of Topliss-reactive ketones (excluding diaryl/α,β-unsaturated/α-hetero) is 1. The van der Waals surface area contributed by atoms with Gasteiger partial charge in [-0.05, 0) is 65.4 Å². The number of carbonyl (C=O) groups is 2. The number of carbonyl (C=O) groups excluding carboxylic acids is 2. The van der Waals surface area contributed by atoms with Gasteiger partial charge in [-0.1, -0.05) is 56.6 Å². The van der Waals surface area contributed by atoms with Gasteiger partial charge in [0.15, 0.2) is 5.76 Å². The Hall–Kier alpha value is -3.37. The molecule has 0 radical (unpaired) electrons. The molecule has 3 aromatic rings. The zero-order chi connectivity index (χ0) is 23.0. The molecule has 0 atom stereocenters. The van der Waals surface area contributed by atoms with Crippen molar-refractivity contribution in [1.82, 2.24) is 0 Å². The zero-order valence-corrected chi connectivity index (χ0v) is 19.1. The summed E-state index contributed by atoms with van der Waals surface area (Å²) in [5, 5.41) is 0.615. The first-order valence-corrected chi connectivity index (χ1v) is 10.7. The molecule has 3 aromatic carbocycles. The van der Waals surface area contributed by atoms with E-state index in [9.17, 15) is 9.59 Å². The van der Waals surface area contributed by atoms with Crippen LogP contribution >= 0.6 is 11.6 Å². The average molecular weight is 447 g/mol. The van der Waals surface area contributed by atoms with Crippen LogP contribution in [0.1, 0.15) is 58.2 Å². The van der Waals surface area contributed by atoms with E-state index in [1.165, 1.54) is 0 Å². The van der Waals surface area contributed by atoms with Crippen LogP contribution in [0.2, 0.25) is 5.02 Å². The molecule has 0 bridgehead atoms. The van der Waals surface area contributed by atoms with Gasteiger partial charge in [-0.25, -0.2) is 4.79 Å². The molecule has 0 amide bonds. The highest BCUT2D eigenvalue weighted by Crippen LogP contribution is 2.38. The standard InChI is InChI=1S/C27H23ClO4/c1-16-13-21(31-26(30)18-7-9-19(10-8-18)27(2,3)4)15-22-24(16)25(29)23(32-22)14-17-5-11-20(28)12-6-17/h5-15H,1-4H3/b23-14-. The van der Waals surface area contributed by atoms with E-state index in [2.05, 4.69) is 20.8 Å². The lowest BCUT2D eigenvalue weighted by molar-refractivity contribution is 0.0734. The number of ketones is 1. The van der Waals surface area contributed by atoms with Crippen LogP contribution in [0.15, 0.2) is 66.4 Å². The fourth-order valence-electron chi connectivity index (χ4n) is 3.52. The lowest BCUT2D eigenvalue weighted by Crippen LogP contribution is -2.13. The van der Waals surface area contributed by atoms with Crippen LogP contribution in [0.4, 0.5) is 0 Å². The van der Waals surface area contributed by atoms with Gasteiger partial charge in [-0.3, -0.25) is 4.79 Å². The summed E-state index contributed by atoms with van der Waals surface area (Å²) in [5.41, 5.74) is 3.54. The van der Waals surface area contributed by atoms with Crippen molar-refractivity contribution in [3.05, 3.63) is 99.3 Å². The third-order valence-electron chi connectivity index (χ3n) is 5.31. The Kier molecular flexibility index (Phi) is 5.66. The number of ether oxygens (including phenoxy) is 2. The summed E-state index contributed by atoms with van der Waals surface area (Å²) in [5.74, 6) is 0.244. The van der Waals surface area contributed by atoms with Crippen molar-refractivity contribution in [1.29, 1.82) is 0 Å². The molecule has 1 aliphatic heterocycles. The third kappa shape index (κ3) is 4.46. The van der Waals surface area contributed by atoms with Crippen molar-refractivity contribution in [3.63, 3.8) is 0 Å². The maximum Gasteiger partial charge on any atom is 0.343 e. The van der Waals surface area contributed by atoms with Gasteiger partial charge in [0, 0.05) is 11.1 Å². The first-order valence-electron chi connectivity index (χ1n) is 10.3. The minimum Gasteiger partial charge on any atom is -0.452 e. The molecular weight excluding hydrogens is 424 g/mol. The average Bonchev–Trinajstić information content (AvgIpc) is 3.04. The van der Waals surface area contributed by atoms with Crippen LogP contribution in [-0.4, -0.2) is 11.8 Å². The van der Waals surface area contributed by atoms with E-state index in [1.807, 2.05) is 12.1 Å². The summed E-state index contributed by atoms with van der Waals surface area (Å²) in [4.78, 5) is 25.5. The number of aryl methyl sites for hydroxylation is 1. The van der Waals surface area contributed by atoms with Crippen LogP contribution in [0, 0.1) is 6.92 Å². The summed E-state index contributed by atoms with van der Waals surface area (Å²) in [6.07, 6.45) is 1.67. The maximum atomic E-state index is 12.8. The number of hydrogen-bond donors (Lipinski definition) is 0. The summed E-state index contributed by atoms with van der Waals surface area (Å²) in [6.45, 7) is 8.14. The fourth-order valence-corrected chi connectivity index (χ4v) is 3.64. The minimum absolute atomic E-state index is 0.000639. The Balaban J connectivity index is 1.55. The lowest BCUT2D eigenvalue weighted by atomic mass is 9.87. The molecule has 0 spiro atoms. The van der Waals surface area contributed by atoms with Crippen LogP contribution in [0.25, 0.3) is 6.08 Å². The summed E-state index contributed by atoms with van der Waals surface area (Å²) < 4.78 is 11.4. The van der Waals surface area contributed by atoms with Crippen molar-refractivity contribution in [3.8, 4) is 11.5 Å². The summed E-state index contributed by atoms with van der Waals surface area (Å²) in [7, 11) is 0. The minimum atomic E-state index is -0.467. The molecule has 5 heteroatoms. The highest BCUT2D eigenvalue weighted by atomic mass is 35.5. The summed E-state index contributed by atoms with van der Waals surface area (Å²) >= 11 is 5.92. The quantitative estimate of drug-likeness (QED) is 0.253. The second kappa shape index (κ2) is 8.29. The maximum absolute atomic E-state index is 12.8. The second-order valence-electron chi connectivity index (χ2n) is 8.82. The molecule has 1 heterocycles. The van der Waals surface area contributed by atoms with Crippen molar-refractivity contribution in [2.75, 3.05) is 0 Å². The van der Waals surface area contributed by atoms with Crippen molar-refractivity contribution < 1.29 is 19.1 Å². The van der Waals surface area contributed by atoms with E-state index in [1.54, 1.807) is 61.5 Å². The van der Waals surface area contributed by atoms with Crippen molar-refractivity contribution >= 4 is 29.4 Å². The monoisotopic (exact) mass is 446 g/mol. The zero-order valence-electron chi connectivity index (χ0n) is 18.4. The molecule has 0 unspecified atom stereocenters. The molecule has 0 aliphatic carbocycles. The second-order valence-corrected chi connectivity index (χ2v) is 9.26. The molecule has 1 aliphatic rings. The molecule has 0 saturated heterocycles. The Bertz CT molecular complexity index is 1230. The molecule has 162 valence electrons. The van der Waals surface area contributed by atoms with Gasteiger partial charge in [-0.15, -0.1) is 0 Å². The molecule has 32 heavy (non-hydrogen) atoms. The van der Waals surface area contributed by atoms with Gasteiger partial charge in [0.25, 0.3) is 0 Å². The van der Waals surface area contributed by atoms with E-state index in [-0.39, 0.29) is 17.0 Å². The molecule has 4 rings (SSSR count). The highest BCUT2D eigenvalue weighted by molar-refractivity contribution is 6.30. The molecule has 0 fully saturated rings. The lowest BCUT2D eigenvalue weighted by Gasteiger charge is -2.18. The van der Waals surface area contributed by atoms with E-state index < -0.39 is 5.97 Å². The normalized spacial score (nSPS) is 14.3.